The molecule has 0 bridgehead atoms. The Morgan fingerprint density at radius 3 is 2.69 bits per heavy atom. The molecule has 0 radical (unpaired) electrons. The Kier molecular flexibility index (Phi) is 5.90. The lowest BCUT2D eigenvalue weighted by atomic mass is 9.84. The van der Waals surface area contributed by atoms with E-state index >= 15 is 0 Å². The largest absolute Gasteiger partial charge is 0.445 e. The molecule has 2 heterocycles. The van der Waals surface area contributed by atoms with Crippen LogP contribution in [0.2, 0.25) is 0 Å². The molecule has 2 aromatic rings. The highest BCUT2D eigenvalue weighted by atomic mass is 16.5. The summed E-state index contributed by atoms with van der Waals surface area (Å²) in [6.07, 6.45) is -0.387. The van der Waals surface area contributed by atoms with E-state index in [-0.39, 0.29) is 30.7 Å². The monoisotopic (exact) mass is 395 g/mol. The number of ether oxygens (including phenoxy) is 2. The molecule has 3 atom stereocenters. The maximum atomic E-state index is 12.6. The fourth-order valence-electron chi connectivity index (χ4n) is 4.01. The van der Waals surface area contributed by atoms with Gasteiger partial charge >= 0.3 is 6.09 Å². The first-order chi connectivity index (χ1) is 14.1. The molecule has 1 saturated heterocycles. The molecule has 29 heavy (non-hydrogen) atoms. The van der Waals surface area contributed by atoms with E-state index in [4.69, 9.17) is 9.47 Å². The van der Waals surface area contributed by atoms with E-state index < -0.39 is 0 Å². The first-order valence-electron chi connectivity index (χ1n) is 10.3. The van der Waals surface area contributed by atoms with Gasteiger partial charge in [0.2, 0.25) is 0 Å². The van der Waals surface area contributed by atoms with Crippen molar-refractivity contribution in [3.05, 3.63) is 59.7 Å². The van der Waals surface area contributed by atoms with Crippen LogP contribution in [0, 0.1) is 5.92 Å². The van der Waals surface area contributed by atoms with Gasteiger partial charge in [-0.1, -0.05) is 37.3 Å². The first-order valence-corrected chi connectivity index (χ1v) is 10.3. The number of carbonyl (C=O) groups excluding carboxylic acids is 1. The first kappa shape index (κ1) is 19.6. The average molecular weight is 396 g/mol. The second kappa shape index (κ2) is 8.74. The van der Waals surface area contributed by atoms with Crippen molar-refractivity contribution in [3.63, 3.8) is 0 Å². The van der Waals surface area contributed by atoms with Gasteiger partial charge in [0.15, 0.2) is 0 Å². The van der Waals surface area contributed by atoms with Crippen molar-refractivity contribution in [1.29, 1.82) is 0 Å². The van der Waals surface area contributed by atoms with E-state index in [0.717, 1.165) is 43.1 Å². The van der Waals surface area contributed by atoms with Crippen LogP contribution in [0.25, 0.3) is 0 Å². The Bertz CT molecular complexity index is 837. The Balaban J connectivity index is 1.50. The molecule has 2 aromatic carbocycles. The lowest BCUT2D eigenvalue weighted by Crippen LogP contribution is -2.43. The zero-order valence-electron chi connectivity index (χ0n) is 17.1. The van der Waals surface area contributed by atoms with Crippen molar-refractivity contribution >= 4 is 17.5 Å². The number of alkyl carbamates (subject to hydrolysis) is 1. The van der Waals surface area contributed by atoms with Crippen LogP contribution in [-0.4, -0.2) is 38.4 Å². The minimum atomic E-state index is -0.387. The molecule has 1 fully saturated rings. The fourth-order valence-corrected chi connectivity index (χ4v) is 4.01. The zero-order valence-corrected chi connectivity index (χ0v) is 17.1. The van der Waals surface area contributed by atoms with Crippen LogP contribution in [0.15, 0.2) is 48.5 Å². The van der Waals surface area contributed by atoms with E-state index in [1.165, 1.54) is 5.69 Å². The highest BCUT2D eigenvalue weighted by molar-refractivity contribution is 5.71. The number of anilines is 2. The molecule has 0 spiro atoms. The number of hydrogen-bond acceptors (Lipinski definition) is 5. The smallest absolute Gasteiger partial charge is 0.407 e. The number of fused-ring (bicyclic) bond motifs is 1. The summed E-state index contributed by atoms with van der Waals surface area (Å²) in [5.74, 6) is 0.228. The number of nitrogens with zero attached hydrogens (tertiary/aromatic N) is 1. The predicted molar refractivity (Wildman–Crippen MR) is 114 cm³/mol. The summed E-state index contributed by atoms with van der Waals surface area (Å²) in [5.41, 5.74) is 4.32. The molecular formula is C23H29N3O3. The van der Waals surface area contributed by atoms with E-state index in [1.54, 1.807) is 0 Å². The van der Waals surface area contributed by atoms with Crippen LogP contribution >= 0.6 is 0 Å². The Morgan fingerprint density at radius 2 is 1.93 bits per heavy atom. The number of benzene rings is 2. The van der Waals surface area contributed by atoms with Crippen molar-refractivity contribution in [2.75, 3.05) is 36.5 Å². The quantitative estimate of drug-likeness (QED) is 0.821. The number of nitrogens with one attached hydrogen (secondary N) is 2. The number of rotatable bonds is 4. The average Bonchev–Trinajstić information content (AvgIpc) is 2.76. The standard InChI is InChI=1S/C23H29N3O3/c1-16-17(2)24-21-9-8-19(26-10-12-28-13-11-26)14-20(21)22(16)25-23(27)29-15-18-6-4-3-5-7-18/h3-9,14,16-17,22,24H,10-13,15H2,1-2H3,(H,25,27)/t16?,17-,22+/m0/s1. The topological polar surface area (TPSA) is 62.8 Å². The van der Waals surface area contributed by atoms with Gasteiger partial charge in [0, 0.05) is 42.0 Å². The third-order valence-corrected chi connectivity index (χ3v) is 5.93. The second-order valence-corrected chi connectivity index (χ2v) is 7.85. The van der Waals surface area contributed by atoms with Crippen LogP contribution in [0.1, 0.15) is 31.0 Å². The van der Waals surface area contributed by atoms with E-state index in [9.17, 15) is 4.79 Å². The molecule has 6 nitrogen and oxygen atoms in total. The highest BCUT2D eigenvalue weighted by Crippen LogP contribution is 2.38. The van der Waals surface area contributed by atoms with Crippen molar-refractivity contribution in [2.45, 2.75) is 32.5 Å². The highest BCUT2D eigenvalue weighted by Gasteiger charge is 2.33. The lowest BCUT2D eigenvalue weighted by molar-refractivity contribution is 0.122. The number of carbonyl (C=O) groups is 1. The molecular weight excluding hydrogens is 366 g/mol. The molecule has 2 aliphatic heterocycles. The van der Waals surface area contributed by atoms with Gasteiger partial charge in [0.1, 0.15) is 6.61 Å². The van der Waals surface area contributed by atoms with Crippen molar-refractivity contribution in [1.82, 2.24) is 5.32 Å². The molecule has 2 aliphatic rings. The summed E-state index contributed by atoms with van der Waals surface area (Å²) in [7, 11) is 0. The molecule has 154 valence electrons. The maximum absolute atomic E-state index is 12.6. The van der Waals surface area contributed by atoms with Gasteiger partial charge in [-0.05, 0) is 30.7 Å². The normalized spacial score (nSPS) is 23.7. The van der Waals surface area contributed by atoms with Crippen LogP contribution in [0.5, 0.6) is 0 Å². The van der Waals surface area contributed by atoms with Crippen LogP contribution in [-0.2, 0) is 16.1 Å². The summed E-state index contributed by atoms with van der Waals surface area (Å²) in [4.78, 5) is 14.9. The molecule has 0 saturated carbocycles. The summed E-state index contributed by atoms with van der Waals surface area (Å²) >= 11 is 0. The number of hydrogen-bond donors (Lipinski definition) is 2. The zero-order chi connectivity index (χ0) is 20.2. The maximum Gasteiger partial charge on any atom is 0.407 e. The third-order valence-electron chi connectivity index (χ3n) is 5.93. The molecule has 4 rings (SSSR count). The molecule has 1 amide bonds. The number of morpholine rings is 1. The molecule has 6 heteroatoms. The van der Waals surface area contributed by atoms with Gasteiger partial charge in [-0.2, -0.15) is 0 Å². The van der Waals surface area contributed by atoms with Crippen LogP contribution in [0.4, 0.5) is 16.2 Å². The Labute approximate surface area is 172 Å². The van der Waals surface area contributed by atoms with Gasteiger partial charge < -0.3 is 25.0 Å². The van der Waals surface area contributed by atoms with Gasteiger partial charge in [0.25, 0.3) is 0 Å². The SMILES string of the molecule is CC1[C@H](C)Nc2ccc(N3CCOCC3)cc2[C@@H]1NC(=O)OCc1ccccc1. The van der Waals surface area contributed by atoms with Crippen molar-refractivity contribution < 1.29 is 14.3 Å². The molecule has 1 unspecified atom stereocenters. The minimum absolute atomic E-state index is 0.106. The Hall–Kier alpha value is -2.73. The van der Waals surface area contributed by atoms with E-state index in [1.807, 2.05) is 30.3 Å². The van der Waals surface area contributed by atoms with Gasteiger partial charge in [-0.15, -0.1) is 0 Å². The second-order valence-electron chi connectivity index (χ2n) is 7.85. The van der Waals surface area contributed by atoms with E-state index in [0.29, 0.717) is 0 Å². The van der Waals surface area contributed by atoms with Crippen molar-refractivity contribution in [3.8, 4) is 0 Å². The molecule has 2 N–H and O–H groups in total. The predicted octanol–water partition coefficient (Wildman–Crippen LogP) is 3.94. The summed E-state index contributed by atoms with van der Waals surface area (Å²) in [6, 6.07) is 16.3. The van der Waals surface area contributed by atoms with Gasteiger partial charge in [0.05, 0.1) is 19.3 Å². The third kappa shape index (κ3) is 4.48. The van der Waals surface area contributed by atoms with Gasteiger partial charge in [-0.25, -0.2) is 4.79 Å². The van der Waals surface area contributed by atoms with Crippen LogP contribution in [0.3, 0.4) is 0 Å². The molecule has 0 aromatic heterocycles. The Morgan fingerprint density at radius 1 is 1.17 bits per heavy atom. The molecule has 0 aliphatic carbocycles. The minimum Gasteiger partial charge on any atom is -0.445 e. The van der Waals surface area contributed by atoms with Gasteiger partial charge in [-0.3, -0.25) is 0 Å². The van der Waals surface area contributed by atoms with Crippen molar-refractivity contribution in [2.24, 2.45) is 5.92 Å². The summed E-state index contributed by atoms with van der Waals surface area (Å²) < 4.78 is 11.0. The fraction of sp³-hybridized carbons (Fsp3) is 0.435. The summed E-state index contributed by atoms with van der Waals surface area (Å²) in [6.45, 7) is 7.83. The van der Waals surface area contributed by atoms with Crippen LogP contribution < -0.4 is 15.5 Å². The lowest BCUT2D eigenvalue weighted by Gasteiger charge is -2.38. The van der Waals surface area contributed by atoms with E-state index in [2.05, 4.69) is 47.6 Å². The number of amides is 1. The summed E-state index contributed by atoms with van der Waals surface area (Å²) in [5, 5.41) is 6.68.